The summed E-state index contributed by atoms with van der Waals surface area (Å²) in [6, 6.07) is 18.3. The summed E-state index contributed by atoms with van der Waals surface area (Å²) in [5, 5.41) is 9.57. The van der Waals surface area contributed by atoms with Gasteiger partial charge in [0.1, 0.15) is 17.5 Å². The molecule has 0 aliphatic carbocycles. The molecule has 6 nitrogen and oxygen atoms in total. The minimum absolute atomic E-state index is 0.532. The first-order valence-electron chi connectivity index (χ1n) is 8.38. The number of hydrogen-bond donors (Lipinski definition) is 0. The van der Waals surface area contributed by atoms with Crippen LogP contribution in [-0.2, 0) is 13.1 Å². The molecule has 4 rings (SSSR count). The number of hydrogen-bond acceptors (Lipinski definition) is 4. The lowest BCUT2D eigenvalue weighted by Gasteiger charge is -2.17. The van der Waals surface area contributed by atoms with Crippen LogP contribution in [0, 0.1) is 11.3 Å². The third-order valence-electron chi connectivity index (χ3n) is 4.36. The zero-order valence-electron chi connectivity index (χ0n) is 14.4. The lowest BCUT2D eigenvalue weighted by atomic mass is 10.2. The zero-order valence-corrected chi connectivity index (χ0v) is 14.4. The third-order valence-corrected chi connectivity index (χ3v) is 4.36. The van der Waals surface area contributed by atoms with Crippen LogP contribution in [0.4, 0.5) is 5.82 Å². The van der Waals surface area contributed by atoms with Crippen molar-refractivity contribution in [1.82, 2.24) is 18.9 Å². The van der Waals surface area contributed by atoms with Crippen molar-refractivity contribution in [2.45, 2.75) is 13.1 Å². The molecular weight excluding hydrogens is 324 g/mol. The number of rotatable bonds is 5. The molecule has 0 bridgehead atoms. The summed E-state index contributed by atoms with van der Waals surface area (Å²) in [5.41, 5.74) is 2.52. The Labute approximate surface area is 151 Å². The maximum Gasteiger partial charge on any atom is 0.169 e. The maximum absolute atomic E-state index is 9.57. The zero-order chi connectivity index (χ0) is 17.9. The predicted octanol–water partition coefficient (Wildman–Crippen LogP) is 3.09. The highest BCUT2D eigenvalue weighted by atomic mass is 15.2. The Morgan fingerprint density at radius 2 is 1.88 bits per heavy atom. The topological polar surface area (TPSA) is 62.1 Å². The summed E-state index contributed by atoms with van der Waals surface area (Å²) >= 11 is 0. The van der Waals surface area contributed by atoms with Crippen molar-refractivity contribution in [3.8, 4) is 6.07 Å². The Hall–Kier alpha value is -3.59. The molecule has 0 aliphatic rings. The molecule has 0 aliphatic heterocycles. The third kappa shape index (κ3) is 2.91. The molecule has 3 heterocycles. The first-order chi connectivity index (χ1) is 12.8. The van der Waals surface area contributed by atoms with E-state index in [-0.39, 0.29) is 0 Å². The van der Waals surface area contributed by atoms with Crippen LogP contribution in [0.15, 0.2) is 67.1 Å². The first-order valence-corrected chi connectivity index (χ1v) is 8.38. The van der Waals surface area contributed by atoms with Crippen molar-refractivity contribution in [2.75, 3.05) is 11.9 Å². The van der Waals surface area contributed by atoms with E-state index in [9.17, 15) is 5.26 Å². The molecule has 0 amide bonds. The molecule has 1 aromatic carbocycles. The van der Waals surface area contributed by atoms with E-state index in [0.717, 1.165) is 18.0 Å². The molecule has 0 radical (unpaired) electrons. The number of fused-ring (bicyclic) bond motifs is 1. The molecule has 0 spiro atoms. The first kappa shape index (κ1) is 15.9. The van der Waals surface area contributed by atoms with E-state index in [0.29, 0.717) is 18.1 Å². The molecule has 4 aromatic rings. The molecule has 0 unspecified atom stereocenters. The molecule has 0 atom stereocenters. The Morgan fingerprint density at radius 3 is 2.69 bits per heavy atom. The van der Waals surface area contributed by atoms with Crippen LogP contribution in [0.3, 0.4) is 0 Å². The average Bonchev–Trinajstić information content (AvgIpc) is 3.26. The lowest BCUT2D eigenvalue weighted by molar-refractivity contribution is 0.704. The van der Waals surface area contributed by atoms with Gasteiger partial charge in [-0.1, -0.05) is 36.4 Å². The fraction of sp³-hybridized carbons (Fsp3) is 0.150. The van der Waals surface area contributed by atoms with Gasteiger partial charge in [0.05, 0.1) is 6.54 Å². The summed E-state index contributed by atoms with van der Waals surface area (Å²) in [6.07, 6.45) is 5.64. The van der Waals surface area contributed by atoms with E-state index in [1.807, 2.05) is 65.1 Å². The second kappa shape index (κ2) is 6.73. The van der Waals surface area contributed by atoms with Crippen LogP contribution in [0.1, 0.15) is 17.1 Å². The highest BCUT2D eigenvalue weighted by molar-refractivity contribution is 5.60. The van der Waals surface area contributed by atoms with E-state index in [1.54, 1.807) is 6.20 Å². The van der Waals surface area contributed by atoms with Gasteiger partial charge in [-0.05, 0) is 17.7 Å². The normalized spacial score (nSPS) is 10.8. The Bertz CT molecular complexity index is 1070. The number of imidazole rings is 2. The molecule has 128 valence electrons. The van der Waals surface area contributed by atoms with Crippen molar-refractivity contribution in [1.29, 1.82) is 5.26 Å². The molecule has 0 N–H and O–H groups in total. The van der Waals surface area contributed by atoms with Gasteiger partial charge in [-0.2, -0.15) is 5.26 Å². The predicted molar refractivity (Wildman–Crippen MR) is 99.8 cm³/mol. The summed E-state index contributed by atoms with van der Waals surface area (Å²) in [5.74, 6) is 1.59. The Balaban J connectivity index is 1.61. The quantitative estimate of drug-likeness (QED) is 0.559. The van der Waals surface area contributed by atoms with Crippen molar-refractivity contribution in [2.24, 2.45) is 0 Å². The summed E-state index contributed by atoms with van der Waals surface area (Å²) in [6.45, 7) is 1.33. The van der Waals surface area contributed by atoms with Crippen LogP contribution in [-0.4, -0.2) is 26.0 Å². The highest BCUT2D eigenvalue weighted by Gasteiger charge is 2.17. The van der Waals surface area contributed by atoms with E-state index < -0.39 is 0 Å². The van der Waals surface area contributed by atoms with Gasteiger partial charge in [-0.25, -0.2) is 9.97 Å². The van der Waals surface area contributed by atoms with Gasteiger partial charge < -0.3 is 9.47 Å². The molecule has 3 aromatic heterocycles. The van der Waals surface area contributed by atoms with Crippen LogP contribution in [0.5, 0.6) is 0 Å². The molecular formula is C20H18N6. The number of anilines is 1. The van der Waals surface area contributed by atoms with Crippen LogP contribution in [0.2, 0.25) is 0 Å². The summed E-state index contributed by atoms with van der Waals surface area (Å²) in [7, 11) is 1.93. The van der Waals surface area contributed by atoms with E-state index in [2.05, 4.69) is 32.7 Å². The number of aromatic nitrogens is 4. The van der Waals surface area contributed by atoms with Gasteiger partial charge in [-0.15, -0.1) is 0 Å². The largest absolute Gasteiger partial charge is 0.350 e. The van der Waals surface area contributed by atoms with Gasteiger partial charge in [0, 0.05) is 32.2 Å². The Morgan fingerprint density at radius 1 is 1.08 bits per heavy atom. The van der Waals surface area contributed by atoms with E-state index in [1.165, 1.54) is 5.56 Å². The minimum atomic E-state index is 0.532. The van der Waals surface area contributed by atoms with E-state index >= 15 is 0 Å². The van der Waals surface area contributed by atoms with Crippen LogP contribution < -0.4 is 4.90 Å². The van der Waals surface area contributed by atoms with Gasteiger partial charge in [0.15, 0.2) is 11.5 Å². The molecule has 0 saturated heterocycles. The molecule has 0 fully saturated rings. The van der Waals surface area contributed by atoms with Crippen LogP contribution >= 0.6 is 0 Å². The molecule has 0 saturated carbocycles. The number of nitriles is 1. The van der Waals surface area contributed by atoms with Crippen LogP contribution in [0.25, 0.3) is 5.65 Å². The van der Waals surface area contributed by atoms with Gasteiger partial charge >= 0.3 is 0 Å². The van der Waals surface area contributed by atoms with Gasteiger partial charge in [-0.3, -0.25) is 4.40 Å². The molecule has 26 heavy (non-hydrogen) atoms. The maximum atomic E-state index is 9.57. The van der Waals surface area contributed by atoms with Crippen molar-refractivity contribution < 1.29 is 0 Å². The monoisotopic (exact) mass is 342 g/mol. The van der Waals surface area contributed by atoms with Crippen molar-refractivity contribution in [3.63, 3.8) is 0 Å². The standard InChI is InChI=1S/C20H18N6/c1-24(20-17(13-21)26-11-6-5-9-18(26)23-20)15-19-22-10-12-25(19)14-16-7-3-2-4-8-16/h2-12H,14-15H2,1H3. The number of benzene rings is 1. The van der Waals surface area contributed by atoms with Gasteiger partial charge in [0.2, 0.25) is 0 Å². The number of nitrogens with zero attached hydrogens (tertiary/aromatic N) is 6. The second-order valence-corrected chi connectivity index (χ2v) is 6.14. The fourth-order valence-corrected chi connectivity index (χ4v) is 3.06. The Kier molecular flexibility index (Phi) is 4.12. The van der Waals surface area contributed by atoms with Crippen molar-refractivity contribution in [3.05, 3.63) is 84.2 Å². The lowest BCUT2D eigenvalue weighted by Crippen LogP contribution is -2.21. The smallest absolute Gasteiger partial charge is 0.169 e. The highest BCUT2D eigenvalue weighted by Crippen LogP contribution is 2.21. The van der Waals surface area contributed by atoms with Gasteiger partial charge in [0.25, 0.3) is 0 Å². The SMILES string of the molecule is CN(Cc1nccn1Cc1ccccc1)c1nc2ccccn2c1C#N. The average molecular weight is 342 g/mol. The minimum Gasteiger partial charge on any atom is -0.350 e. The number of pyridine rings is 1. The fourth-order valence-electron chi connectivity index (χ4n) is 3.06. The second-order valence-electron chi connectivity index (χ2n) is 6.14. The van der Waals surface area contributed by atoms with E-state index in [4.69, 9.17) is 0 Å². The summed E-state index contributed by atoms with van der Waals surface area (Å²) in [4.78, 5) is 11.1. The van der Waals surface area contributed by atoms with Crippen molar-refractivity contribution >= 4 is 11.5 Å². The molecule has 6 heteroatoms. The summed E-state index contributed by atoms with van der Waals surface area (Å²) < 4.78 is 3.93.